The normalized spacial score (nSPS) is 18.8. The number of halogens is 4. The molecule has 0 spiro atoms. The number of hydrogen-bond donors (Lipinski definition) is 1. The van der Waals surface area contributed by atoms with Gasteiger partial charge in [-0.25, -0.2) is 15.0 Å². The first-order valence-electron chi connectivity index (χ1n) is 11.8. The fraction of sp³-hybridized carbons (Fsp3) is 0.308. The summed E-state index contributed by atoms with van der Waals surface area (Å²) >= 11 is 6.37. The molecule has 3 aromatic heterocycles. The van der Waals surface area contributed by atoms with Crippen LogP contribution in [0.5, 0.6) is 0 Å². The predicted octanol–water partition coefficient (Wildman–Crippen LogP) is 6.11. The summed E-state index contributed by atoms with van der Waals surface area (Å²) in [6.07, 6.45) is -1.54. The van der Waals surface area contributed by atoms with Crippen LogP contribution in [0.3, 0.4) is 0 Å². The van der Waals surface area contributed by atoms with Gasteiger partial charge in [-0.15, -0.1) is 0 Å². The molecule has 1 fully saturated rings. The van der Waals surface area contributed by atoms with E-state index in [9.17, 15) is 13.2 Å². The highest BCUT2D eigenvalue weighted by Crippen LogP contribution is 2.32. The van der Waals surface area contributed by atoms with Gasteiger partial charge in [-0.3, -0.25) is 9.88 Å². The van der Waals surface area contributed by atoms with E-state index < -0.39 is 11.9 Å². The zero-order chi connectivity index (χ0) is 26.2. The van der Waals surface area contributed by atoms with E-state index >= 15 is 0 Å². The second kappa shape index (κ2) is 10.2. The van der Waals surface area contributed by atoms with Gasteiger partial charge in [0.2, 0.25) is 0 Å². The first kappa shape index (κ1) is 25.3. The minimum Gasteiger partial charge on any atom is -0.373 e. The van der Waals surface area contributed by atoms with Crippen LogP contribution in [0.2, 0.25) is 5.02 Å². The van der Waals surface area contributed by atoms with Crippen LogP contribution in [0.1, 0.15) is 25.4 Å². The van der Waals surface area contributed by atoms with Gasteiger partial charge in [0.05, 0.1) is 46.9 Å². The van der Waals surface area contributed by atoms with Crippen LogP contribution in [-0.4, -0.2) is 50.1 Å². The van der Waals surface area contributed by atoms with Crippen LogP contribution in [0.4, 0.5) is 24.7 Å². The van der Waals surface area contributed by atoms with Gasteiger partial charge in [-0.05, 0) is 50.2 Å². The summed E-state index contributed by atoms with van der Waals surface area (Å²) < 4.78 is 44.7. The lowest BCUT2D eigenvalue weighted by molar-refractivity contribution is -0.141. The minimum absolute atomic E-state index is 0.0814. The Morgan fingerprint density at radius 3 is 2.51 bits per heavy atom. The summed E-state index contributed by atoms with van der Waals surface area (Å²) in [5, 5.41) is 4.34. The second-order valence-electron chi connectivity index (χ2n) is 9.06. The number of fused-ring (bicyclic) bond motifs is 1. The van der Waals surface area contributed by atoms with Crippen molar-refractivity contribution in [3.63, 3.8) is 0 Å². The van der Waals surface area contributed by atoms with Crippen molar-refractivity contribution in [3.05, 3.63) is 71.4 Å². The molecule has 0 aliphatic carbocycles. The van der Waals surface area contributed by atoms with Crippen molar-refractivity contribution in [2.45, 2.75) is 38.8 Å². The lowest BCUT2D eigenvalue weighted by atomic mass is 10.1. The molecule has 2 atom stereocenters. The Morgan fingerprint density at radius 2 is 1.84 bits per heavy atom. The summed E-state index contributed by atoms with van der Waals surface area (Å²) in [5.74, 6) is 1.04. The van der Waals surface area contributed by atoms with E-state index in [-0.39, 0.29) is 12.2 Å². The number of aromatic nitrogens is 4. The summed E-state index contributed by atoms with van der Waals surface area (Å²) in [7, 11) is 0. The van der Waals surface area contributed by atoms with E-state index in [2.05, 4.69) is 20.2 Å². The van der Waals surface area contributed by atoms with Crippen LogP contribution in [0.15, 0.2) is 54.9 Å². The van der Waals surface area contributed by atoms with Gasteiger partial charge in [-0.2, -0.15) is 13.2 Å². The smallest absolute Gasteiger partial charge is 0.373 e. The monoisotopic (exact) mass is 528 g/mol. The Morgan fingerprint density at radius 1 is 1.05 bits per heavy atom. The lowest BCUT2D eigenvalue weighted by Gasteiger charge is -2.34. The number of nitrogens with one attached hydrogen (secondary N) is 1. The molecule has 1 aliphatic heterocycles. The molecule has 0 radical (unpaired) electrons. The van der Waals surface area contributed by atoms with Crippen molar-refractivity contribution in [3.8, 4) is 11.3 Å². The lowest BCUT2D eigenvalue weighted by Crippen LogP contribution is -2.45. The van der Waals surface area contributed by atoms with Crippen molar-refractivity contribution >= 4 is 34.0 Å². The van der Waals surface area contributed by atoms with Gasteiger partial charge in [-0.1, -0.05) is 17.7 Å². The number of pyridine rings is 2. The molecule has 7 nitrogen and oxygen atoms in total. The van der Waals surface area contributed by atoms with Gasteiger partial charge < -0.3 is 10.1 Å². The molecule has 1 aromatic carbocycles. The summed E-state index contributed by atoms with van der Waals surface area (Å²) in [6.45, 7) is 6.01. The molecule has 11 heteroatoms. The van der Waals surface area contributed by atoms with Crippen molar-refractivity contribution < 1.29 is 17.9 Å². The molecule has 1 N–H and O–H groups in total. The zero-order valence-electron chi connectivity index (χ0n) is 20.1. The van der Waals surface area contributed by atoms with Crippen LogP contribution < -0.4 is 5.32 Å². The quantitative estimate of drug-likeness (QED) is 0.335. The Kier molecular flexibility index (Phi) is 6.98. The largest absolute Gasteiger partial charge is 0.433 e. The van der Waals surface area contributed by atoms with E-state index in [1.54, 1.807) is 18.3 Å². The number of nitrogens with zero attached hydrogens (tertiary/aromatic N) is 5. The highest BCUT2D eigenvalue weighted by atomic mass is 35.5. The van der Waals surface area contributed by atoms with Gasteiger partial charge in [0.15, 0.2) is 0 Å². The van der Waals surface area contributed by atoms with Crippen molar-refractivity contribution in [2.24, 2.45) is 0 Å². The fourth-order valence-corrected chi connectivity index (χ4v) is 4.71. The number of morpholine rings is 1. The molecule has 1 aliphatic rings. The maximum absolute atomic E-state index is 13.0. The van der Waals surface area contributed by atoms with Gasteiger partial charge in [0.25, 0.3) is 0 Å². The van der Waals surface area contributed by atoms with Gasteiger partial charge in [0.1, 0.15) is 17.3 Å². The third kappa shape index (κ3) is 5.82. The first-order chi connectivity index (χ1) is 17.7. The van der Waals surface area contributed by atoms with Crippen LogP contribution >= 0.6 is 11.6 Å². The Hall–Kier alpha value is -3.34. The third-order valence-corrected chi connectivity index (χ3v) is 6.26. The molecule has 0 bridgehead atoms. The number of anilines is 2. The maximum Gasteiger partial charge on any atom is 0.433 e. The number of rotatable bonds is 5. The summed E-state index contributed by atoms with van der Waals surface area (Å²) in [6, 6.07) is 11.4. The van der Waals surface area contributed by atoms with E-state index in [0.29, 0.717) is 45.5 Å². The number of alkyl halides is 3. The van der Waals surface area contributed by atoms with Crippen LogP contribution in [-0.2, 0) is 17.5 Å². The van der Waals surface area contributed by atoms with E-state index in [4.69, 9.17) is 26.3 Å². The van der Waals surface area contributed by atoms with E-state index in [1.165, 1.54) is 6.07 Å². The van der Waals surface area contributed by atoms with Crippen molar-refractivity contribution in [2.75, 3.05) is 18.4 Å². The van der Waals surface area contributed by atoms with Gasteiger partial charge >= 0.3 is 6.18 Å². The molecule has 0 saturated carbocycles. The highest BCUT2D eigenvalue weighted by Gasteiger charge is 2.32. The highest BCUT2D eigenvalue weighted by molar-refractivity contribution is 6.33. The van der Waals surface area contributed by atoms with E-state index in [1.807, 2.05) is 32.0 Å². The Balaban J connectivity index is 1.54. The molecule has 5 rings (SSSR count). The third-order valence-electron chi connectivity index (χ3n) is 5.95. The molecule has 0 amide bonds. The van der Waals surface area contributed by atoms with Crippen molar-refractivity contribution in [1.82, 2.24) is 24.8 Å². The topological polar surface area (TPSA) is 76.1 Å². The zero-order valence-corrected chi connectivity index (χ0v) is 20.9. The van der Waals surface area contributed by atoms with Crippen molar-refractivity contribution in [1.29, 1.82) is 0 Å². The number of ether oxygens (including phenoxy) is 1. The summed E-state index contributed by atoms with van der Waals surface area (Å²) in [4.78, 5) is 19.7. The fourth-order valence-electron chi connectivity index (χ4n) is 4.47. The molecular formula is C26H24ClF3N6O. The molecule has 4 aromatic rings. The Bertz CT molecular complexity index is 1410. The molecule has 192 valence electrons. The average molecular weight is 529 g/mol. The van der Waals surface area contributed by atoms with Crippen LogP contribution in [0.25, 0.3) is 22.2 Å². The molecule has 4 heterocycles. The van der Waals surface area contributed by atoms with Crippen LogP contribution in [0, 0.1) is 0 Å². The predicted molar refractivity (Wildman–Crippen MR) is 136 cm³/mol. The first-order valence-corrected chi connectivity index (χ1v) is 12.1. The standard InChI is InChI=1S/C26H24ClF3N6O/c1-15-12-36(13-16(2)37-15)14-23-34-21-10-17(24-20(27)4-3-9-31-24)5-7-19(21)25(35-23)33-18-6-8-22(32-11-18)26(28,29)30/h3-11,15-16H,12-14H2,1-2H3,(H,33,34,35)/t15-,16-/m0/s1. The molecule has 1 saturated heterocycles. The SMILES string of the molecule is C[C@H]1CN(Cc2nc(Nc3ccc(C(F)(F)F)nc3)c3ccc(-c4ncccc4Cl)cc3n2)C[C@H](C)O1. The average Bonchev–Trinajstić information content (AvgIpc) is 2.83. The molecular weight excluding hydrogens is 505 g/mol. The second-order valence-corrected chi connectivity index (χ2v) is 9.47. The van der Waals surface area contributed by atoms with Gasteiger partial charge in [0, 0.05) is 30.2 Å². The Labute approximate surface area is 216 Å². The molecule has 37 heavy (non-hydrogen) atoms. The molecule has 0 unspecified atom stereocenters. The number of hydrogen-bond acceptors (Lipinski definition) is 7. The summed E-state index contributed by atoms with van der Waals surface area (Å²) in [5.41, 5.74) is 1.49. The maximum atomic E-state index is 13.0. The minimum atomic E-state index is -4.51. The number of benzene rings is 1. The van der Waals surface area contributed by atoms with E-state index in [0.717, 1.165) is 30.9 Å².